The van der Waals surface area contributed by atoms with Crippen molar-refractivity contribution < 1.29 is 4.79 Å². The fourth-order valence-corrected chi connectivity index (χ4v) is 0.604. The zero-order valence-electron chi connectivity index (χ0n) is 6.30. The van der Waals surface area contributed by atoms with Crippen molar-refractivity contribution in [2.75, 3.05) is 26.2 Å². The van der Waals surface area contributed by atoms with Crippen LogP contribution < -0.4 is 22.1 Å². The average Bonchev–Trinajstić information content (AvgIpc) is 1.90. The number of halogens is 1. The number of nitrogens with two attached hydrogens (primary N) is 2. The SMILES string of the molecule is C1CNCCN1.Cl.NC(N)=O. The van der Waals surface area contributed by atoms with Crippen molar-refractivity contribution in [1.82, 2.24) is 10.6 Å². The fourth-order valence-electron chi connectivity index (χ4n) is 0.604. The second-order valence-electron chi connectivity index (χ2n) is 1.90. The highest BCUT2D eigenvalue weighted by atomic mass is 35.5. The molecule has 0 aliphatic carbocycles. The number of piperazine rings is 1. The van der Waals surface area contributed by atoms with Crippen molar-refractivity contribution in [2.24, 2.45) is 11.5 Å². The largest absolute Gasteiger partial charge is 0.352 e. The lowest BCUT2D eigenvalue weighted by Crippen LogP contribution is -2.39. The summed E-state index contributed by atoms with van der Waals surface area (Å²) >= 11 is 0. The minimum Gasteiger partial charge on any atom is -0.352 e. The third-order valence-electron chi connectivity index (χ3n) is 0.957. The highest BCUT2D eigenvalue weighted by molar-refractivity contribution is 5.85. The summed E-state index contributed by atoms with van der Waals surface area (Å²) in [5, 5.41) is 6.44. The van der Waals surface area contributed by atoms with Gasteiger partial charge in [-0.25, -0.2) is 4.79 Å². The molecule has 0 aromatic rings. The predicted molar refractivity (Wildman–Crippen MR) is 46.8 cm³/mol. The van der Waals surface area contributed by atoms with Crippen LogP contribution in [0.3, 0.4) is 0 Å². The molecule has 2 amide bonds. The Morgan fingerprint density at radius 2 is 1.18 bits per heavy atom. The summed E-state index contributed by atoms with van der Waals surface area (Å²) in [4.78, 5) is 9.00. The molecule has 0 aromatic heterocycles. The van der Waals surface area contributed by atoms with Crippen molar-refractivity contribution in [2.45, 2.75) is 0 Å². The van der Waals surface area contributed by atoms with Crippen molar-refractivity contribution in [3.63, 3.8) is 0 Å². The molecule has 11 heavy (non-hydrogen) atoms. The van der Waals surface area contributed by atoms with E-state index in [-0.39, 0.29) is 12.4 Å². The maximum Gasteiger partial charge on any atom is 0.309 e. The minimum atomic E-state index is -0.833. The van der Waals surface area contributed by atoms with E-state index in [0.717, 1.165) is 26.2 Å². The maximum atomic E-state index is 9.00. The maximum absolute atomic E-state index is 9.00. The molecule has 68 valence electrons. The first-order valence-electron chi connectivity index (χ1n) is 3.20. The molecule has 1 fully saturated rings. The first-order valence-corrected chi connectivity index (χ1v) is 3.20. The molecule has 6 heteroatoms. The quantitative estimate of drug-likeness (QED) is 0.372. The molecule has 1 aliphatic rings. The van der Waals surface area contributed by atoms with Gasteiger partial charge in [0.1, 0.15) is 0 Å². The number of urea groups is 1. The molecule has 0 aromatic carbocycles. The highest BCUT2D eigenvalue weighted by Gasteiger charge is 1.91. The number of carbonyl (C=O) groups excluding carboxylic acids is 1. The topological polar surface area (TPSA) is 93.2 Å². The molecule has 1 aliphatic heterocycles. The summed E-state index contributed by atoms with van der Waals surface area (Å²) in [6.07, 6.45) is 0. The van der Waals surface area contributed by atoms with Gasteiger partial charge in [-0.2, -0.15) is 0 Å². The first-order chi connectivity index (χ1) is 4.73. The van der Waals surface area contributed by atoms with Gasteiger partial charge in [0.05, 0.1) is 0 Å². The van der Waals surface area contributed by atoms with E-state index in [4.69, 9.17) is 4.79 Å². The molecular weight excluding hydrogens is 168 g/mol. The molecule has 0 unspecified atom stereocenters. The second-order valence-corrected chi connectivity index (χ2v) is 1.90. The first kappa shape index (κ1) is 13.1. The molecule has 0 bridgehead atoms. The van der Waals surface area contributed by atoms with Crippen LogP contribution in [0.1, 0.15) is 0 Å². The minimum absolute atomic E-state index is 0. The van der Waals surface area contributed by atoms with E-state index in [1.807, 2.05) is 0 Å². The van der Waals surface area contributed by atoms with Crippen LogP contribution in [0, 0.1) is 0 Å². The zero-order chi connectivity index (χ0) is 7.82. The Bertz CT molecular complexity index is 81.0. The summed E-state index contributed by atoms with van der Waals surface area (Å²) < 4.78 is 0. The van der Waals surface area contributed by atoms with Crippen molar-refractivity contribution in [3.05, 3.63) is 0 Å². The summed E-state index contributed by atoms with van der Waals surface area (Å²) in [6.45, 7) is 4.56. The van der Waals surface area contributed by atoms with Gasteiger partial charge < -0.3 is 22.1 Å². The predicted octanol–water partition coefficient (Wildman–Crippen LogP) is -1.38. The highest BCUT2D eigenvalue weighted by Crippen LogP contribution is 1.65. The van der Waals surface area contributed by atoms with Crippen LogP contribution in [0.2, 0.25) is 0 Å². The van der Waals surface area contributed by atoms with Crippen molar-refractivity contribution >= 4 is 18.4 Å². The third-order valence-corrected chi connectivity index (χ3v) is 0.957. The van der Waals surface area contributed by atoms with Gasteiger partial charge in [0.25, 0.3) is 0 Å². The summed E-state index contributed by atoms with van der Waals surface area (Å²) in [6, 6.07) is -0.833. The number of nitrogens with one attached hydrogen (secondary N) is 2. The molecule has 1 saturated heterocycles. The van der Waals surface area contributed by atoms with E-state index in [0.29, 0.717) is 0 Å². The molecule has 0 atom stereocenters. The molecular formula is C5H15ClN4O. The number of carbonyl (C=O) groups is 1. The Morgan fingerprint density at radius 3 is 1.27 bits per heavy atom. The van der Waals surface area contributed by atoms with Crippen molar-refractivity contribution in [1.29, 1.82) is 0 Å². The van der Waals surface area contributed by atoms with Gasteiger partial charge in [0, 0.05) is 26.2 Å². The normalized spacial score (nSPS) is 15.3. The molecule has 0 radical (unpaired) electrons. The lowest BCUT2D eigenvalue weighted by molar-refractivity contribution is 0.256. The van der Waals surface area contributed by atoms with Gasteiger partial charge in [-0.05, 0) is 0 Å². The molecule has 1 rings (SSSR count). The Labute approximate surface area is 72.3 Å². The molecule has 6 N–H and O–H groups in total. The van der Waals surface area contributed by atoms with Crippen LogP contribution in [0.5, 0.6) is 0 Å². The number of rotatable bonds is 0. The van der Waals surface area contributed by atoms with E-state index in [1.165, 1.54) is 0 Å². The van der Waals surface area contributed by atoms with Crippen LogP contribution in [-0.2, 0) is 0 Å². The smallest absolute Gasteiger partial charge is 0.309 e. The van der Waals surface area contributed by atoms with Gasteiger partial charge in [0.15, 0.2) is 0 Å². The zero-order valence-corrected chi connectivity index (χ0v) is 7.12. The van der Waals surface area contributed by atoms with Gasteiger partial charge in [0.2, 0.25) is 0 Å². The van der Waals surface area contributed by atoms with Gasteiger partial charge in [-0.1, -0.05) is 0 Å². The second kappa shape index (κ2) is 9.48. The van der Waals surface area contributed by atoms with Crippen LogP contribution in [0.4, 0.5) is 4.79 Å². The van der Waals surface area contributed by atoms with Crippen LogP contribution >= 0.6 is 12.4 Å². The van der Waals surface area contributed by atoms with Gasteiger partial charge in [-0.15, -0.1) is 12.4 Å². The van der Waals surface area contributed by atoms with Crippen molar-refractivity contribution in [3.8, 4) is 0 Å². The van der Waals surface area contributed by atoms with Crippen LogP contribution in [0.25, 0.3) is 0 Å². The monoisotopic (exact) mass is 182 g/mol. The summed E-state index contributed by atoms with van der Waals surface area (Å²) in [5.41, 5.74) is 8.50. The number of primary amides is 2. The lowest BCUT2D eigenvalue weighted by Gasteiger charge is -2.11. The number of amides is 2. The Kier molecular flexibility index (Phi) is 11.3. The Balaban J connectivity index is 0. The average molecular weight is 183 g/mol. The van der Waals surface area contributed by atoms with Crippen LogP contribution in [-0.4, -0.2) is 32.2 Å². The number of hydrogen-bond acceptors (Lipinski definition) is 3. The standard InChI is InChI=1S/C4H10N2.CH4N2O.ClH/c1-2-6-4-3-5-1;2-1(3)4;/h5-6H,1-4H2;(H4,2,3,4);1H. The number of hydrogen-bond donors (Lipinski definition) is 4. The van der Waals surface area contributed by atoms with E-state index in [9.17, 15) is 0 Å². The molecule has 5 nitrogen and oxygen atoms in total. The van der Waals surface area contributed by atoms with Gasteiger partial charge >= 0.3 is 6.03 Å². The van der Waals surface area contributed by atoms with Gasteiger partial charge in [-0.3, -0.25) is 0 Å². The summed E-state index contributed by atoms with van der Waals surface area (Å²) in [5.74, 6) is 0. The molecule has 0 saturated carbocycles. The third kappa shape index (κ3) is 17.7. The summed E-state index contributed by atoms with van der Waals surface area (Å²) in [7, 11) is 0. The van der Waals surface area contributed by atoms with Crippen LogP contribution in [0.15, 0.2) is 0 Å². The van der Waals surface area contributed by atoms with E-state index in [1.54, 1.807) is 0 Å². The van der Waals surface area contributed by atoms with E-state index >= 15 is 0 Å². The lowest BCUT2D eigenvalue weighted by atomic mass is 10.4. The Hall–Kier alpha value is -0.520. The molecule has 1 heterocycles. The fraction of sp³-hybridized carbons (Fsp3) is 0.800. The van der Waals surface area contributed by atoms with E-state index < -0.39 is 6.03 Å². The molecule has 0 spiro atoms. The Morgan fingerprint density at radius 1 is 1.00 bits per heavy atom. The van der Waals surface area contributed by atoms with E-state index in [2.05, 4.69) is 22.1 Å².